The zero-order valence-corrected chi connectivity index (χ0v) is 13.0. The second-order valence-electron chi connectivity index (χ2n) is 5.98. The van der Waals surface area contributed by atoms with Gasteiger partial charge in [-0.05, 0) is 57.7 Å². The summed E-state index contributed by atoms with van der Waals surface area (Å²) in [6.45, 7) is 6.54. The summed E-state index contributed by atoms with van der Waals surface area (Å²) in [5.41, 5.74) is 2.12. The molecule has 0 spiro atoms. The number of halogens is 2. The van der Waals surface area contributed by atoms with E-state index in [-0.39, 0.29) is 10.9 Å². The van der Waals surface area contributed by atoms with Crippen LogP contribution < -0.4 is 0 Å². The van der Waals surface area contributed by atoms with Crippen molar-refractivity contribution < 1.29 is 0 Å². The molecule has 102 valence electrons. The van der Waals surface area contributed by atoms with Gasteiger partial charge in [-0.15, -0.1) is 11.6 Å². The fraction of sp³-hybridized carbons (Fsp3) is 0.533. The molecular weight excluding hydrogens is 279 g/mol. The highest BCUT2D eigenvalue weighted by Crippen LogP contribution is 2.46. The fourth-order valence-corrected chi connectivity index (χ4v) is 3.23. The first-order valence-corrected chi connectivity index (χ1v) is 7.55. The lowest BCUT2D eigenvalue weighted by Gasteiger charge is -2.30. The molecule has 3 rings (SSSR count). The summed E-state index contributed by atoms with van der Waals surface area (Å²) in [7, 11) is 0. The second kappa shape index (κ2) is 4.39. The predicted molar refractivity (Wildman–Crippen MR) is 81.1 cm³/mol. The summed E-state index contributed by atoms with van der Waals surface area (Å²) in [6.07, 6.45) is 2.58. The SMILES string of the molecule is CC(Cl)c1nc2cc(Cl)ccc2n1C(C)(C)C1CC1. The molecule has 1 atom stereocenters. The average Bonchev–Trinajstić information content (AvgIpc) is 3.10. The van der Waals surface area contributed by atoms with E-state index >= 15 is 0 Å². The van der Waals surface area contributed by atoms with Crippen molar-refractivity contribution in [3.63, 3.8) is 0 Å². The number of rotatable bonds is 3. The zero-order chi connectivity index (χ0) is 13.8. The maximum Gasteiger partial charge on any atom is 0.128 e. The number of nitrogens with zero attached hydrogens (tertiary/aromatic N) is 2. The third kappa shape index (κ3) is 2.15. The number of aromatic nitrogens is 2. The molecule has 0 radical (unpaired) electrons. The first-order valence-electron chi connectivity index (χ1n) is 6.73. The van der Waals surface area contributed by atoms with Crippen molar-refractivity contribution >= 4 is 34.2 Å². The average molecular weight is 297 g/mol. The lowest BCUT2D eigenvalue weighted by Crippen LogP contribution is -2.30. The van der Waals surface area contributed by atoms with Crippen LogP contribution in [0.15, 0.2) is 18.2 Å². The Kier molecular flexibility index (Phi) is 3.06. The summed E-state index contributed by atoms with van der Waals surface area (Å²) in [5, 5.41) is 0.611. The van der Waals surface area contributed by atoms with Gasteiger partial charge in [0.05, 0.1) is 16.4 Å². The van der Waals surface area contributed by atoms with Crippen LogP contribution in [0.25, 0.3) is 11.0 Å². The molecule has 1 aromatic heterocycles. The van der Waals surface area contributed by atoms with Gasteiger partial charge in [0.25, 0.3) is 0 Å². The summed E-state index contributed by atoms with van der Waals surface area (Å²) in [4.78, 5) is 4.70. The molecule has 1 saturated carbocycles. The molecule has 1 heterocycles. The van der Waals surface area contributed by atoms with Gasteiger partial charge in [-0.3, -0.25) is 0 Å². The molecule has 19 heavy (non-hydrogen) atoms. The van der Waals surface area contributed by atoms with E-state index in [4.69, 9.17) is 28.2 Å². The molecule has 1 aliphatic carbocycles. The van der Waals surface area contributed by atoms with Crippen LogP contribution in [0.4, 0.5) is 0 Å². The summed E-state index contributed by atoms with van der Waals surface area (Å²) < 4.78 is 2.31. The van der Waals surface area contributed by atoms with E-state index in [2.05, 4.69) is 24.5 Å². The van der Waals surface area contributed by atoms with E-state index in [9.17, 15) is 0 Å². The van der Waals surface area contributed by atoms with Gasteiger partial charge in [-0.1, -0.05) is 11.6 Å². The summed E-state index contributed by atoms with van der Waals surface area (Å²) in [6, 6.07) is 5.89. The van der Waals surface area contributed by atoms with Gasteiger partial charge in [0.2, 0.25) is 0 Å². The monoisotopic (exact) mass is 296 g/mol. The molecule has 2 nitrogen and oxygen atoms in total. The quantitative estimate of drug-likeness (QED) is 0.718. The first-order chi connectivity index (χ1) is 8.91. The number of imidazole rings is 1. The van der Waals surface area contributed by atoms with Crippen molar-refractivity contribution in [2.45, 2.75) is 44.5 Å². The lowest BCUT2D eigenvalue weighted by atomic mass is 9.97. The summed E-state index contributed by atoms with van der Waals surface area (Å²) >= 11 is 12.4. The number of fused-ring (bicyclic) bond motifs is 1. The Morgan fingerprint density at radius 1 is 1.37 bits per heavy atom. The minimum absolute atomic E-state index is 0.0566. The van der Waals surface area contributed by atoms with Crippen LogP contribution in [0, 0.1) is 5.92 Å². The molecule has 0 amide bonds. The van der Waals surface area contributed by atoms with E-state index in [0.717, 1.165) is 27.8 Å². The molecule has 0 aliphatic heterocycles. The Bertz CT molecular complexity index is 624. The number of benzene rings is 1. The van der Waals surface area contributed by atoms with Crippen LogP contribution in [-0.4, -0.2) is 9.55 Å². The van der Waals surface area contributed by atoms with E-state index in [1.807, 2.05) is 19.1 Å². The number of alkyl halides is 1. The smallest absolute Gasteiger partial charge is 0.128 e. The van der Waals surface area contributed by atoms with E-state index < -0.39 is 0 Å². The van der Waals surface area contributed by atoms with Crippen LogP contribution in [0.1, 0.15) is 44.8 Å². The van der Waals surface area contributed by atoms with Crippen LogP contribution >= 0.6 is 23.2 Å². The molecule has 0 N–H and O–H groups in total. The van der Waals surface area contributed by atoms with Crippen molar-refractivity contribution in [1.29, 1.82) is 0 Å². The standard InChI is InChI=1S/C15H18Cl2N2/c1-9(16)14-18-12-8-11(17)6-7-13(12)19(14)15(2,3)10-4-5-10/h6-10H,4-5H2,1-3H3. The van der Waals surface area contributed by atoms with E-state index in [1.54, 1.807) is 0 Å². The van der Waals surface area contributed by atoms with Crippen LogP contribution in [0.5, 0.6) is 0 Å². The van der Waals surface area contributed by atoms with Gasteiger partial charge >= 0.3 is 0 Å². The van der Waals surface area contributed by atoms with Gasteiger partial charge in [0.15, 0.2) is 0 Å². The predicted octanol–water partition coefficient (Wildman–Crippen LogP) is 5.13. The van der Waals surface area contributed by atoms with Crippen LogP contribution in [0.2, 0.25) is 5.02 Å². The Hall–Kier alpha value is -0.730. The minimum atomic E-state index is -0.107. The zero-order valence-electron chi connectivity index (χ0n) is 11.5. The normalized spacial score (nSPS) is 17.9. The molecule has 0 saturated heterocycles. The molecule has 1 fully saturated rings. The highest BCUT2D eigenvalue weighted by molar-refractivity contribution is 6.31. The van der Waals surface area contributed by atoms with Gasteiger partial charge in [0, 0.05) is 10.6 Å². The van der Waals surface area contributed by atoms with E-state index in [0.29, 0.717) is 0 Å². The Labute approximate surface area is 123 Å². The van der Waals surface area contributed by atoms with Gasteiger partial charge in [-0.25, -0.2) is 4.98 Å². The van der Waals surface area contributed by atoms with Gasteiger partial charge < -0.3 is 4.57 Å². The number of hydrogen-bond donors (Lipinski definition) is 0. The van der Waals surface area contributed by atoms with Gasteiger partial charge in [-0.2, -0.15) is 0 Å². The molecule has 2 aromatic rings. The Morgan fingerprint density at radius 3 is 2.63 bits per heavy atom. The molecule has 0 bridgehead atoms. The van der Waals surface area contributed by atoms with Crippen molar-refractivity contribution in [2.75, 3.05) is 0 Å². The fourth-order valence-electron chi connectivity index (χ4n) is 2.92. The molecule has 1 aromatic carbocycles. The van der Waals surface area contributed by atoms with Crippen LogP contribution in [-0.2, 0) is 5.54 Å². The third-order valence-electron chi connectivity index (χ3n) is 4.15. The largest absolute Gasteiger partial charge is 0.321 e. The van der Waals surface area contributed by atoms with Crippen molar-refractivity contribution in [3.05, 3.63) is 29.0 Å². The first kappa shape index (κ1) is 13.3. The van der Waals surface area contributed by atoms with Gasteiger partial charge in [0.1, 0.15) is 5.82 Å². The minimum Gasteiger partial charge on any atom is -0.321 e. The van der Waals surface area contributed by atoms with Crippen molar-refractivity contribution in [1.82, 2.24) is 9.55 Å². The maximum atomic E-state index is 6.33. The Balaban J connectivity index is 2.27. The van der Waals surface area contributed by atoms with Crippen molar-refractivity contribution in [3.8, 4) is 0 Å². The Morgan fingerprint density at radius 2 is 2.05 bits per heavy atom. The summed E-state index contributed by atoms with van der Waals surface area (Å²) in [5.74, 6) is 1.66. The molecule has 4 heteroatoms. The third-order valence-corrected chi connectivity index (χ3v) is 4.58. The topological polar surface area (TPSA) is 17.8 Å². The number of hydrogen-bond acceptors (Lipinski definition) is 1. The second-order valence-corrected chi connectivity index (χ2v) is 7.07. The van der Waals surface area contributed by atoms with E-state index in [1.165, 1.54) is 12.8 Å². The molecular formula is C15H18Cl2N2. The highest BCUT2D eigenvalue weighted by Gasteiger charge is 2.41. The molecule has 1 aliphatic rings. The highest BCUT2D eigenvalue weighted by atomic mass is 35.5. The maximum absolute atomic E-state index is 6.33. The molecule has 1 unspecified atom stereocenters. The van der Waals surface area contributed by atoms with Crippen LogP contribution in [0.3, 0.4) is 0 Å². The van der Waals surface area contributed by atoms with Crippen molar-refractivity contribution in [2.24, 2.45) is 5.92 Å². The lowest BCUT2D eigenvalue weighted by molar-refractivity contribution is 0.304.